The quantitative estimate of drug-likeness (QED) is 0.781. The summed E-state index contributed by atoms with van der Waals surface area (Å²) < 4.78 is 0. The Morgan fingerprint density at radius 1 is 1.38 bits per heavy atom. The predicted octanol–water partition coefficient (Wildman–Crippen LogP) is 2.87. The molecular formula is C14H30N2. The fourth-order valence-corrected chi connectivity index (χ4v) is 3.64. The van der Waals surface area contributed by atoms with Crippen molar-refractivity contribution in [2.24, 2.45) is 17.6 Å². The van der Waals surface area contributed by atoms with Crippen LogP contribution in [-0.2, 0) is 0 Å². The zero-order valence-corrected chi connectivity index (χ0v) is 11.6. The van der Waals surface area contributed by atoms with Crippen molar-refractivity contribution < 1.29 is 0 Å². The first-order valence-corrected chi connectivity index (χ1v) is 6.99. The lowest BCUT2D eigenvalue weighted by molar-refractivity contribution is 0.00348. The molecule has 0 bridgehead atoms. The molecule has 0 aromatic rings. The molecule has 0 aliphatic heterocycles. The number of hydrogen-bond donors (Lipinski definition) is 1. The molecule has 1 aliphatic carbocycles. The summed E-state index contributed by atoms with van der Waals surface area (Å²) in [6.45, 7) is 8.99. The van der Waals surface area contributed by atoms with Crippen LogP contribution in [0.4, 0.5) is 0 Å². The summed E-state index contributed by atoms with van der Waals surface area (Å²) in [6, 6.07) is 0. The maximum Gasteiger partial charge on any atom is 0.0359 e. The third-order valence-electron chi connectivity index (χ3n) is 4.54. The second kappa shape index (κ2) is 6.02. The van der Waals surface area contributed by atoms with Crippen molar-refractivity contribution in [1.82, 2.24) is 4.90 Å². The molecule has 16 heavy (non-hydrogen) atoms. The molecule has 0 heterocycles. The first-order valence-electron chi connectivity index (χ1n) is 6.99. The van der Waals surface area contributed by atoms with E-state index in [0.29, 0.717) is 0 Å². The van der Waals surface area contributed by atoms with E-state index in [1.807, 2.05) is 0 Å². The molecule has 1 rings (SSSR count). The van der Waals surface area contributed by atoms with Crippen LogP contribution in [0.2, 0.25) is 0 Å². The van der Waals surface area contributed by atoms with Crippen LogP contribution in [0.25, 0.3) is 0 Å². The van der Waals surface area contributed by atoms with Crippen molar-refractivity contribution in [2.45, 2.75) is 58.4 Å². The third-order valence-corrected chi connectivity index (χ3v) is 4.54. The van der Waals surface area contributed by atoms with Crippen molar-refractivity contribution in [3.05, 3.63) is 0 Å². The summed E-state index contributed by atoms with van der Waals surface area (Å²) in [5, 5.41) is 0. The molecule has 1 fully saturated rings. The van der Waals surface area contributed by atoms with Gasteiger partial charge < -0.3 is 5.73 Å². The van der Waals surface area contributed by atoms with E-state index in [-0.39, 0.29) is 5.54 Å². The van der Waals surface area contributed by atoms with Gasteiger partial charge in [0, 0.05) is 12.1 Å². The molecule has 96 valence electrons. The van der Waals surface area contributed by atoms with Crippen molar-refractivity contribution >= 4 is 0 Å². The SMILES string of the molecule is CCCN(C)C1(CN)CCCCC1C(C)C. The average molecular weight is 226 g/mol. The molecule has 2 heteroatoms. The van der Waals surface area contributed by atoms with Gasteiger partial charge in [0.1, 0.15) is 0 Å². The zero-order chi connectivity index (χ0) is 12.2. The molecule has 1 aliphatic rings. The normalized spacial score (nSPS) is 31.3. The van der Waals surface area contributed by atoms with E-state index in [2.05, 4.69) is 32.7 Å². The van der Waals surface area contributed by atoms with Crippen LogP contribution in [0.5, 0.6) is 0 Å². The van der Waals surface area contributed by atoms with Crippen LogP contribution < -0.4 is 5.73 Å². The first kappa shape index (κ1) is 14.0. The highest BCUT2D eigenvalue weighted by Gasteiger charge is 2.43. The number of nitrogens with zero attached hydrogens (tertiary/aromatic N) is 1. The number of rotatable bonds is 5. The van der Waals surface area contributed by atoms with Gasteiger partial charge in [-0.2, -0.15) is 0 Å². The van der Waals surface area contributed by atoms with Crippen molar-refractivity contribution in [3.63, 3.8) is 0 Å². The Morgan fingerprint density at radius 3 is 2.56 bits per heavy atom. The standard InChI is InChI=1S/C14H30N2/c1-5-10-16(4)14(11-15)9-7-6-8-13(14)12(2)3/h12-13H,5-11,15H2,1-4H3. The van der Waals surface area contributed by atoms with Crippen LogP contribution in [0.1, 0.15) is 52.9 Å². The second-order valence-electron chi connectivity index (χ2n) is 5.83. The molecule has 0 radical (unpaired) electrons. The predicted molar refractivity (Wildman–Crippen MR) is 71.5 cm³/mol. The van der Waals surface area contributed by atoms with Gasteiger partial charge in [-0.05, 0) is 44.7 Å². The van der Waals surface area contributed by atoms with Gasteiger partial charge >= 0.3 is 0 Å². The Hall–Kier alpha value is -0.0800. The molecule has 2 atom stereocenters. The van der Waals surface area contributed by atoms with Gasteiger partial charge in [0.25, 0.3) is 0 Å². The fourth-order valence-electron chi connectivity index (χ4n) is 3.64. The summed E-state index contributed by atoms with van der Waals surface area (Å²) in [7, 11) is 2.27. The monoisotopic (exact) mass is 226 g/mol. The van der Waals surface area contributed by atoms with Gasteiger partial charge in [0.15, 0.2) is 0 Å². The van der Waals surface area contributed by atoms with Crippen LogP contribution in [0.3, 0.4) is 0 Å². The molecule has 2 unspecified atom stereocenters. The van der Waals surface area contributed by atoms with E-state index < -0.39 is 0 Å². The first-order chi connectivity index (χ1) is 7.58. The number of hydrogen-bond acceptors (Lipinski definition) is 2. The largest absolute Gasteiger partial charge is 0.329 e. The molecule has 2 nitrogen and oxygen atoms in total. The molecule has 0 spiro atoms. The molecule has 1 saturated carbocycles. The lowest BCUT2D eigenvalue weighted by Crippen LogP contribution is -2.59. The fraction of sp³-hybridized carbons (Fsp3) is 1.00. The maximum atomic E-state index is 6.16. The average Bonchev–Trinajstić information content (AvgIpc) is 2.29. The molecule has 0 aromatic carbocycles. The Bertz CT molecular complexity index is 203. The third kappa shape index (κ3) is 2.60. The van der Waals surface area contributed by atoms with E-state index in [0.717, 1.165) is 18.4 Å². The highest BCUT2D eigenvalue weighted by Crippen LogP contribution is 2.41. The highest BCUT2D eigenvalue weighted by molar-refractivity contribution is 4.99. The lowest BCUT2D eigenvalue weighted by Gasteiger charge is -2.51. The minimum absolute atomic E-state index is 0.280. The topological polar surface area (TPSA) is 29.3 Å². The van der Waals surface area contributed by atoms with E-state index in [1.54, 1.807) is 0 Å². The van der Waals surface area contributed by atoms with Crippen LogP contribution in [0.15, 0.2) is 0 Å². The van der Waals surface area contributed by atoms with Gasteiger partial charge in [0.2, 0.25) is 0 Å². The van der Waals surface area contributed by atoms with Crippen LogP contribution in [-0.4, -0.2) is 30.6 Å². The van der Waals surface area contributed by atoms with Gasteiger partial charge in [-0.15, -0.1) is 0 Å². The second-order valence-corrected chi connectivity index (χ2v) is 5.83. The smallest absolute Gasteiger partial charge is 0.0359 e. The molecule has 0 aromatic heterocycles. The van der Waals surface area contributed by atoms with Gasteiger partial charge in [-0.3, -0.25) is 4.90 Å². The van der Waals surface area contributed by atoms with Crippen molar-refractivity contribution in [3.8, 4) is 0 Å². The summed E-state index contributed by atoms with van der Waals surface area (Å²) in [5.74, 6) is 1.53. The molecule has 2 N–H and O–H groups in total. The molecular weight excluding hydrogens is 196 g/mol. The van der Waals surface area contributed by atoms with E-state index in [4.69, 9.17) is 5.73 Å². The van der Waals surface area contributed by atoms with Gasteiger partial charge in [-0.25, -0.2) is 0 Å². The minimum Gasteiger partial charge on any atom is -0.329 e. The Labute approximate surface area is 102 Å². The molecule has 0 amide bonds. The summed E-state index contributed by atoms with van der Waals surface area (Å²) >= 11 is 0. The van der Waals surface area contributed by atoms with Crippen LogP contribution >= 0.6 is 0 Å². The highest BCUT2D eigenvalue weighted by atomic mass is 15.2. The van der Waals surface area contributed by atoms with Crippen LogP contribution in [0, 0.1) is 11.8 Å². The summed E-state index contributed by atoms with van der Waals surface area (Å²) in [6.07, 6.45) is 6.63. The van der Waals surface area contributed by atoms with Gasteiger partial charge in [0.05, 0.1) is 0 Å². The van der Waals surface area contributed by atoms with E-state index in [1.165, 1.54) is 38.6 Å². The summed E-state index contributed by atoms with van der Waals surface area (Å²) in [4.78, 5) is 2.55. The maximum absolute atomic E-state index is 6.16. The number of likely N-dealkylation sites (N-methyl/N-ethyl adjacent to an activating group) is 1. The zero-order valence-electron chi connectivity index (χ0n) is 11.6. The Balaban J connectivity index is 2.87. The number of nitrogens with two attached hydrogens (primary N) is 1. The van der Waals surface area contributed by atoms with Crippen molar-refractivity contribution in [1.29, 1.82) is 0 Å². The van der Waals surface area contributed by atoms with E-state index in [9.17, 15) is 0 Å². The summed E-state index contributed by atoms with van der Waals surface area (Å²) in [5.41, 5.74) is 6.44. The van der Waals surface area contributed by atoms with E-state index >= 15 is 0 Å². The van der Waals surface area contributed by atoms with Gasteiger partial charge in [-0.1, -0.05) is 33.6 Å². The Kier molecular flexibility index (Phi) is 5.26. The lowest BCUT2D eigenvalue weighted by atomic mass is 9.67. The minimum atomic E-state index is 0.280. The van der Waals surface area contributed by atoms with Crippen molar-refractivity contribution in [2.75, 3.05) is 20.1 Å². The Morgan fingerprint density at radius 2 is 2.06 bits per heavy atom. The molecule has 0 saturated heterocycles.